The third-order valence-electron chi connectivity index (χ3n) is 1.27. The lowest BCUT2D eigenvalue weighted by Gasteiger charge is -2.02. The predicted octanol–water partition coefficient (Wildman–Crippen LogP) is 0.802. The van der Waals surface area contributed by atoms with Crippen molar-refractivity contribution >= 4 is 17.6 Å². The number of aliphatic carboxylic acids is 1. The van der Waals surface area contributed by atoms with Crippen molar-refractivity contribution in [2.45, 2.75) is 12.5 Å². The summed E-state index contributed by atoms with van der Waals surface area (Å²) in [5.41, 5.74) is 5.80. The Morgan fingerprint density at radius 3 is 3.00 bits per heavy atom. The molecule has 12 heavy (non-hydrogen) atoms. The molecule has 1 heterocycles. The van der Waals surface area contributed by atoms with E-state index in [4.69, 9.17) is 22.4 Å². The molecule has 0 aliphatic heterocycles. The normalized spacial score (nSPS) is 12.8. The highest BCUT2D eigenvalue weighted by atomic mass is 35.5. The quantitative estimate of drug-likeness (QED) is 0.736. The number of oxazole rings is 1. The zero-order chi connectivity index (χ0) is 9.14. The first kappa shape index (κ1) is 9.02. The SMILES string of the molecule is NC(CC(=O)O)c1coc(Cl)n1. The summed E-state index contributed by atoms with van der Waals surface area (Å²) >= 11 is 5.36. The number of carboxylic acid groups (broad SMARTS) is 1. The summed E-state index contributed by atoms with van der Waals surface area (Å²) in [6.07, 6.45) is 1.05. The van der Waals surface area contributed by atoms with Crippen LogP contribution in [0.3, 0.4) is 0 Å². The Morgan fingerprint density at radius 2 is 2.58 bits per heavy atom. The zero-order valence-electron chi connectivity index (χ0n) is 6.03. The monoisotopic (exact) mass is 190 g/mol. The number of halogens is 1. The summed E-state index contributed by atoms with van der Waals surface area (Å²) in [4.78, 5) is 13.9. The second-order valence-corrected chi connectivity index (χ2v) is 2.55. The van der Waals surface area contributed by atoms with Gasteiger partial charge < -0.3 is 15.3 Å². The average molecular weight is 191 g/mol. The fraction of sp³-hybridized carbons (Fsp3) is 0.333. The Morgan fingerprint density at radius 1 is 1.92 bits per heavy atom. The van der Waals surface area contributed by atoms with Gasteiger partial charge in [0.1, 0.15) is 6.26 Å². The maximum Gasteiger partial charge on any atom is 0.305 e. The summed E-state index contributed by atoms with van der Waals surface area (Å²) in [5, 5.41) is 8.34. The van der Waals surface area contributed by atoms with Crippen LogP contribution in [0.15, 0.2) is 10.7 Å². The number of carbonyl (C=O) groups is 1. The molecule has 1 aromatic rings. The molecule has 1 unspecified atom stereocenters. The van der Waals surface area contributed by atoms with Gasteiger partial charge in [0.25, 0.3) is 5.35 Å². The van der Waals surface area contributed by atoms with Crippen LogP contribution in [0.1, 0.15) is 18.2 Å². The van der Waals surface area contributed by atoms with Crippen LogP contribution in [-0.2, 0) is 4.79 Å². The van der Waals surface area contributed by atoms with Crippen LogP contribution in [0.4, 0.5) is 0 Å². The molecular weight excluding hydrogens is 184 g/mol. The predicted molar refractivity (Wildman–Crippen MR) is 40.7 cm³/mol. The molecule has 1 atom stereocenters. The van der Waals surface area contributed by atoms with Crippen LogP contribution in [0, 0.1) is 0 Å². The van der Waals surface area contributed by atoms with Gasteiger partial charge in [0, 0.05) is 0 Å². The van der Waals surface area contributed by atoms with E-state index in [9.17, 15) is 4.79 Å². The Hall–Kier alpha value is -1.07. The Kier molecular flexibility index (Phi) is 2.67. The summed E-state index contributed by atoms with van der Waals surface area (Å²) in [6.45, 7) is 0. The fourth-order valence-electron chi connectivity index (χ4n) is 0.726. The first-order chi connectivity index (χ1) is 5.59. The molecule has 5 nitrogen and oxygen atoms in total. The minimum atomic E-state index is -0.985. The Balaban J connectivity index is 2.64. The maximum atomic E-state index is 10.2. The minimum Gasteiger partial charge on any atom is -0.481 e. The lowest BCUT2D eigenvalue weighted by atomic mass is 10.2. The van der Waals surface area contributed by atoms with Crippen LogP contribution in [0.2, 0.25) is 5.35 Å². The molecule has 0 saturated carbocycles. The molecule has 6 heteroatoms. The van der Waals surface area contributed by atoms with E-state index >= 15 is 0 Å². The first-order valence-corrected chi connectivity index (χ1v) is 3.55. The molecule has 0 bridgehead atoms. The molecule has 0 radical (unpaired) electrons. The van der Waals surface area contributed by atoms with Gasteiger partial charge in [0.2, 0.25) is 0 Å². The Labute approximate surface area is 73.1 Å². The van der Waals surface area contributed by atoms with Gasteiger partial charge in [-0.3, -0.25) is 4.79 Å². The summed E-state index contributed by atoms with van der Waals surface area (Å²) in [6, 6.07) is -0.668. The third-order valence-corrected chi connectivity index (χ3v) is 1.44. The van der Waals surface area contributed by atoms with E-state index in [1.807, 2.05) is 0 Å². The molecule has 66 valence electrons. The highest BCUT2D eigenvalue weighted by Gasteiger charge is 2.14. The number of carboxylic acids is 1. The van der Waals surface area contributed by atoms with Crippen molar-refractivity contribution < 1.29 is 14.3 Å². The van der Waals surface area contributed by atoms with Gasteiger partial charge in [-0.1, -0.05) is 0 Å². The number of hydrogen-bond acceptors (Lipinski definition) is 4. The van der Waals surface area contributed by atoms with Gasteiger partial charge in [-0.15, -0.1) is 0 Å². The molecule has 0 aromatic carbocycles. The van der Waals surface area contributed by atoms with Crippen LogP contribution in [0.25, 0.3) is 0 Å². The van der Waals surface area contributed by atoms with Crippen LogP contribution in [0.5, 0.6) is 0 Å². The number of rotatable bonds is 3. The molecule has 1 aromatic heterocycles. The second kappa shape index (κ2) is 3.55. The number of nitrogens with two attached hydrogens (primary N) is 1. The van der Waals surface area contributed by atoms with Crippen LogP contribution >= 0.6 is 11.6 Å². The maximum absolute atomic E-state index is 10.2. The van der Waals surface area contributed by atoms with E-state index in [0.717, 1.165) is 0 Å². The van der Waals surface area contributed by atoms with Gasteiger partial charge in [-0.05, 0) is 11.6 Å². The van der Waals surface area contributed by atoms with Gasteiger partial charge in [0.15, 0.2) is 0 Å². The van der Waals surface area contributed by atoms with E-state index in [-0.39, 0.29) is 11.8 Å². The summed E-state index contributed by atoms with van der Waals surface area (Å²) in [7, 11) is 0. The summed E-state index contributed by atoms with van der Waals surface area (Å²) < 4.78 is 4.65. The molecule has 0 amide bonds. The number of nitrogens with zero attached hydrogens (tertiary/aromatic N) is 1. The highest BCUT2D eigenvalue weighted by molar-refractivity contribution is 6.27. The van der Waals surface area contributed by atoms with Gasteiger partial charge in [-0.25, -0.2) is 4.98 Å². The number of hydrogen-bond donors (Lipinski definition) is 2. The molecule has 3 N–H and O–H groups in total. The Bertz CT molecular complexity index is 286. The topological polar surface area (TPSA) is 89.4 Å². The molecule has 0 aliphatic carbocycles. The molecule has 1 rings (SSSR count). The van der Waals surface area contributed by atoms with Crippen molar-refractivity contribution in [3.63, 3.8) is 0 Å². The minimum absolute atomic E-state index is 0.0363. The molecule has 0 spiro atoms. The lowest BCUT2D eigenvalue weighted by Crippen LogP contribution is -2.15. The summed E-state index contributed by atoms with van der Waals surface area (Å²) in [5.74, 6) is -0.985. The zero-order valence-corrected chi connectivity index (χ0v) is 6.78. The fourth-order valence-corrected chi connectivity index (χ4v) is 0.868. The van der Waals surface area contributed by atoms with E-state index in [1.54, 1.807) is 0 Å². The molecule has 0 fully saturated rings. The third kappa shape index (κ3) is 2.21. The van der Waals surface area contributed by atoms with Gasteiger partial charge >= 0.3 is 5.97 Å². The van der Waals surface area contributed by atoms with Crippen molar-refractivity contribution in [2.75, 3.05) is 0 Å². The number of aromatic nitrogens is 1. The van der Waals surface area contributed by atoms with Gasteiger partial charge in [-0.2, -0.15) is 0 Å². The van der Waals surface area contributed by atoms with E-state index < -0.39 is 12.0 Å². The van der Waals surface area contributed by atoms with E-state index in [0.29, 0.717) is 5.69 Å². The highest BCUT2D eigenvalue weighted by Crippen LogP contribution is 2.15. The van der Waals surface area contributed by atoms with Crippen molar-refractivity contribution in [1.29, 1.82) is 0 Å². The standard InChI is InChI=1S/C6H7ClN2O3/c7-6-9-4(2-12-6)3(8)1-5(10)11/h2-3H,1,8H2,(H,10,11). The molecule has 0 aliphatic rings. The van der Waals surface area contributed by atoms with E-state index in [1.165, 1.54) is 6.26 Å². The molecular formula is C6H7ClN2O3. The lowest BCUT2D eigenvalue weighted by molar-refractivity contribution is -0.137. The van der Waals surface area contributed by atoms with Crippen molar-refractivity contribution in [1.82, 2.24) is 4.98 Å². The van der Waals surface area contributed by atoms with Crippen LogP contribution < -0.4 is 5.73 Å². The van der Waals surface area contributed by atoms with Crippen molar-refractivity contribution in [2.24, 2.45) is 5.73 Å². The van der Waals surface area contributed by atoms with Crippen molar-refractivity contribution in [3.05, 3.63) is 17.3 Å². The molecule has 0 saturated heterocycles. The van der Waals surface area contributed by atoms with Crippen LogP contribution in [-0.4, -0.2) is 16.1 Å². The average Bonchev–Trinajstić information content (AvgIpc) is 2.34. The smallest absolute Gasteiger partial charge is 0.305 e. The second-order valence-electron chi connectivity index (χ2n) is 2.23. The van der Waals surface area contributed by atoms with Gasteiger partial charge in [0.05, 0.1) is 18.2 Å². The van der Waals surface area contributed by atoms with Crippen molar-refractivity contribution in [3.8, 4) is 0 Å². The first-order valence-electron chi connectivity index (χ1n) is 3.18. The van der Waals surface area contributed by atoms with E-state index in [2.05, 4.69) is 9.40 Å². The largest absolute Gasteiger partial charge is 0.481 e.